The molecule has 0 aromatic heterocycles. The maximum Gasteiger partial charge on any atom is 0.307 e. The van der Waals surface area contributed by atoms with Gasteiger partial charge in [-0.15, -0.1) is 0 Å². The third-order valence-electron chi connectivity index (χ3n) is 3.47. The zero-order valence-corrected chi connectivity index (χ0v) is 12.2. The molecule has 1 aliphatic heterocycles. The summed E-state index contributed by atoms with van der Waals surface area (Å²) in [6.45, 7) is 0.502. The van der Waals surface area contributed by atoms with E-state index in [4.69, 9.17) is 5.11 Å². The minimum atomic E-state index is -3.74. The summed E-state index contributed by atoms with van der Waals surface area (Å²) in [5.41, 5.74) is 0.520. The van der Waals surface area contributed by atoms with Crippen molar-refractivity contribution in [1.82, 2.24) is 5.32 Å². The second kappa shape index (κ2) is 6.26. The number of hydrogen-bond acceptors (Lipinski definition) is 4. The second-order valence-corrected chi connectivity index (χ2v) is 7.17. The standard InChI is InChI=1S/C14H17NO5S/c16-13(17)9-10-4-6-11(7-5-10)21(19,20)12-3-1-2-8-15-14(12)18/h4-7,12H,1-3,8-9H2,(H,15,18)(H,16,17). The van der Waals surface area contributed by atoms with Crippen molar-refractivity contribution >= 4 is 21.7 Å². The molecule has 0 spiro atoms. The summed E-state index contributed by atoms with van der Waals surface area (Å²) in [6.07, 6.45) is 1.60. The monoisotopic (exact) mass is 311 g/mol. The second-order valence-electron chi connectivity index (χ2n) is 5.03. The Bertz CT molecular complexity index is 636. The predicted molar refractivity (Wildman–Crippen MR) is 75.6 cm³/mol. The molecule has 0 aliphatic carbocycles. The van der Waals surface area contributed by atoms with E-state index < -0.39 is 27.0 Å². The van der Waals surface area contributed by atoms with E-state index in [-0.39, 0.29) is 11.3 Å². The molecule has 1 aromatic carbocycles. The van der Waals surface area contributed by atoms with E-state index in [1.54, 1.807) is 0 Å². The quantitative estimate of drug-likeness (QED) is 0.855. The van der Waals surface area contributed by atoms with Gasteiger partial charge in [0, 0.05) is 6.54 Å². The Kier molecular flexibility index (Phi) is 4.62. The van der Waals surface area contributed by atoms with Crippen LogP contribution in [0.3, 0.4) is 0 Å². The van der Waals surface area contributed by atoms with Gasteiger partial charge in [0.1, 0.15) is 5.25 Å². The predicted octanol–water partition coefficient (Wildman–Crippen LogP) is 0.756. The smallest absolute Gasteiger partial charge is 0.307 e. The fourth-order valence-electron chi connectivity index (χ4n) is 2.34. The van der Waals surface area contributed by atoms with Crippen LogP contribution in [0.4, 0.5) is 0 Å². The summed E-state index contributed by atoms with van der Waals surface area (Å²) in [5.74, 6) is -1.43. The number of hydrogen-bond donors (Lipinski definition) is 2. The lowest BCUT2D eigenvalue weighted by atomic mass is 10.2. The molecule has 0 radical (unpaired) electrons. The van der Waals surface area contributed by atoms with Crippen molar-refractivity contribution in [3.63, 3.8) is 0 Å². The molecule has 6 nitrogen and oxygen atoms in total. The number of nitrogens with one attached hydrogen (secondary N) is 1. The Morgan fingerprint density at radius 2 is 1.90 bits per heavy atom. The van der Waals surface area contributed by atoms with Gasteiger partial charge < -0.3 is 10.4 Å². The third-order valence-corrected chi connectivity index (χ3v) is 5.59. The van der Waals surface area contributed by atoms with Gasteiger partial charge >= 0.3 is 5.97 Å². The fraction of sp³-hybridized carbons (Fsp3) is 0.429. The number of rotatable bonds is 4. The highest BCUT2D eigenvalue weighted by Gasteiger charge is 2.34. The lowest BCUT2D eigenvalue weighted by Gasteiger charge is -2.14. The van der Waals surface area contributed by atoms with Crippen LogP contribution in [0.5, 0.6) is 0 Å². The minimum absolute atomic E-state index is 0.0543. The van der Waals surface area contributed by atoms with Gasteiger partial charge in [-0.3, -0.25) is 9.59 Å². The van der Waals surface area contributed by atoms with Crippen molar-refractivity contribution in [3.05, 3.63) is 29.8 Å². The van der Waals surface area contributed by atoms with E-state index in [0.29, 0.717) is 24.9 Å². The number of benzene rings is 1. The molecule has 1 atom stereocenters. The molecular formula is C14H17NO5S. The summed E-state index contributed by atoms with van der Waals surface area (Å²) in [4.78, 5) is 22.5. The topological polar surface area (TPSA) is 101 Å². The lowest BCUT2D eigenvalue weighted by Crippen LogP contribution is -2.38. The third kappa shape index (κ3) is 3.60. The molecule has 1 heterocycles. The first kappa shape index (κ1) is 15.5. The molecule has 0 bridgehead atoms. The largest absolute Gasteiger partial charge is 0.481 e. The van der Waals surface area contributed by atoms with E-state index in [0.717, 1.165) is 6.42 Å². The van der Waals surface area contributed by atoms with Gasteiger partial charge in [0.15, 0.2) is 9.84 Å². The van der Waals surface area contributed by atoms with Crippen LogP contribution in [0.1, 0.15) is 24.8 Å². The Hall–Kier alpha value is -1.89. The normalized spacial score (nSPS) is 19.6. The van der Waals surface area contributed by atoms with E-state index in [2.05, 4.69) is 5.32 Å². The Labute approximate surface area is 123 Å². The maximum atomic E-state index is 12.5. The molecule has 1 amide bonds. The number of sulfone groups is 1. The SMILES string of the molecule is O=C(O)Cc1ccc(S(=O)(=O)C2CCCCNC2=O)cc1. The van der Waals surface area contributed by atoms with Crippen LogP contribution in [0.2, 0.25) is 0 Å². The molecule has 1 fully saturated rings. The molecule has 21 heavy (non-hydrogen) atoms. The zero-order valence-electron chi connectivity index (χ0n) is 11.4. The molecule has 2 N–H and O–H groups in total. The van der Waals surface area contributed by atoms with Gasteiger partial charge in [-0.05, 0) is 37.0 Å². The molecule has 1 aromatic rings. The average Bonchev–Trinajstić information content (AvgIpc) is 2.63. The summed E-state index contributed by atoms with van der Waals surface area (Å²) >= 11 is 0. The number of carbonyl (C=O) groups excluding carboxylic acids is 1. The Morgan fingerprint density at radius 1 is 1.24 bits per heavy atom. The van der Waals surface area contributed by atoms with Gasteiger partial charge in [0.2, 0.25) is 5.91 Å². The van der Waals surface area contributed by atoms with Crippen LogP contribution in [0.15, 0.2) is 29.2 Å². The number of amides is 1. The zero-order chi connectivity index (χ0) is 15.5. The summed E-state index contributed by atoms with van der Waals surface area (Å²) in [7, 11) is -3.74. The number of aliphatic carboxylic acids is 1. The van der Waals surface area contributed by atoms with Gasteiger partial charge in [0.25, 0.3) is 0 Å². The van der Waals surface area contributed by atoms with Crippen molar-refractivity contribution in [2.75, 3.05) is 6.54 Å². The van der Waals surface area contributed by atoms with Gasteiger partial charge in [-0.25, -0.2) is 8.42 Å². The van der Waals surface area contributed by atoms with Crippen LogP contribution in [-0.4, -0.2) is 37.2 Å². The molecule has 1 saturated heterocycles. The van der Waals surface area contributed by atoms with Crippen LogP contribution < -0.4 is 5.32 Å². The van der Waals surface area contributed by atoms with Gasteiger partial charge in [-0.2, -0.15) is 0 Å². The Balaban J connectivity index is 2.26. The average molecular weight is 311 g/mol. The number of carbonyl (C=O) groups is 2. The first-order valence-corrected chi connectivity index (χ1v) is 8.28. The van der Waals surface area contributed by atoms with Gasteiger partial charge in [-0.1, -0.05) is 12.1 Å². The molecular weight excluding hydrogens is 294 g/mol. The maximum absolute atomic E-state index is 12.5. The van der Waals surface area contributed by atoms with Crippen LogP contribution in [0.25, 0.3) is 0 Å². The molecule has 114 valence electrons. The molecule has 1 aliphatic rings. The van der Waals surface area contributed by atoms with Crippen molar-refractivity contribution in [2.24, 2.45) is 0 Å². The summed E-state index contributed by atoms with van der Waals surface area (Å²) in [6, 6.07) is 5.67. The fourth-order valence-corrected chi connectivity index (χ4v) is 4.03. The molecule has 1 unspecified atom stereocenters. The van der Waals surface area contributed by atoms with E-state index in [1.807, 2.05) is 0 Å². The highest BCUT2D eigenvalue weighted by Crippen LogP contribution is 2.22. The number of carboxylic acid groups (broad SMARTS) is 1. The van der Waals surface area contributed by atoms with Crippen LogP contribution in [-0.2, 0) is 25.8 Å². The van der Waals surface area contributed by atoms with Crippen molar-refractivity contribution < 1.29 is 23.1 Å². The van der Waals surface area contributed by atoms with Crippen LogP contribution >= 0.6 is 0 Å². The lowest BCUT2D eigenvalue weighted by molar-refractivity contribution is -0.136. The first-order chi connectivity index (χ1) is 9.91. The highest BCUT2D eigenvalue weighted by atomic mass is 32.2. The number of carboxylic acids is 1. The van der Waals surface area contributed by atoms with Crippen molar-refractivity contribution in [1.29, 1.82) is 0 Å². The van der Waals surface area contributed by atoms with E-state index in [1.165, 1.54) is 24.3 Å². The van der Waals surface area contributed by atoms with Gasteiger partial charge in [0.05, 0.1) is 11.3 Å². The molecule has 0 saturated carbocycles. The summed E-state index contributed by atoms with van der Waals surface area (Å²) in [5, 5.41) is 10.2. The Morgan fingerprint density at radius 3 is 2.52 bits per heavy atom. The summed E-state index contributed by atoms with van der Waals surface area (Å²) < 4.78 is 25.0. The first-order valence-electron chi connectivity index (χ1n) is 6.73. The van der Waals surface area contributed by atoms with Crippen LogP contribution in [0, 0.1) is 0 Å². The molecule has 7 heteroatoms. The minimum Gasteiger partial charge on any atom is -0.481 e. The van der Waals surface area contributed by atoms with Crippen molar-refractivity contribution in [3.8, 4) is 0 Å². The van der Waals surface area contributed by atoms with E-state index >= 15 is 0 Å². The van der Waals surface area contributed by atoms with Crippen molar-refractivity contribution in [2.45, 2.75) is 35.8 Å². The molecule has 2 rings (SSSR count). The van der Waals surface area contributed by atoms with E-state index in [9.17, 15) is 18.0 Å². The highest BCUT2D eigenvalue weighted by molar-refractivity contribution is 7.92.